The number of anilines is 2. The molecule has 1 fully saturated rings. The third-order valence-corrected chi connectivity index (χ3v) is 3.40. The van der Waals surface area contributed by atoms with Crippen molar-refractivity contribution in [2.24, 2.45) is 0 Å². The van der Waals surface area contributed by atoms with Gasteiger partial charge in [0.2, 0.25) is 5.91 Å². The number of hydrogen-bond acceptors (Lipinski definition) is 5. The zero-order valence-corrected chi connectivity index (χ0v) is 11.9. The van der Waals surface area contributed by atoms with Gasteiger partial charge < -0.3 is 25.4 Å². The Labute approximate surface area is 122 Å². The maximum Gasteiger partial charge on any atom is 0.337 e. The van der Waals surface area contributed by atoms with E-state index >= 15 is 0 Å². The van der Waals surface area contributed by atoms with Crippen LogP contribution in [0.1, 0.15) is 10.4 Å². The number of morpholine rings is 1. The van der Waals surface area contributed by atoms with Crippen LogP contribution in [-0.2, 0) is 9.53 Å². The molecule has 0 unspecified atom stereocenters. The second-order valence-corrected chi connectivity index (χ2v) is 4.93. The molecule has 1 aliphatic rings. The van der Waals surface area contributed by atoms with Crippen LogP contribution in [0.15, 0.2) is 18.2 Å². The average Bonchev–Trinajstić information content (AvgIpc) is 2.47. The minimum Gasteiger partial charge on any atom is -0.478 e. The van der Waals surface area contributed by atoms with Crippen molar-refractivity contribution in [3.8, 4) is 0 Å². The molecule has 0 spiro atoms. The highest BCUT2D eigenvalue weighted by molar-refractivity contribution is 5.96. The van der Waals surface area contributed by atoms with E-state index in [0.717, 1.165) is 0 Å². The first-order valence-electron chi connectivity index (χ1n) is 6.68. The first-order valence-corrected chi connectivity index (χ1v) is 6.68. The molecule has 114 valence electrons. The Kier molecular flexibility index (Phi) is 4.64. The van der Waals surface area contributed by atoms with Crippen LogP contribution >= 0.6 is 0 Å². The lowest BCUT2D eigenvalue weighted by atomic mass is 10.1. The smallest absolute Gasteiger partial charge is 0.337 e. The fourth-order valence-electron chi connectivity index (χ4n) is 2.26. The molecule has 3 N–H and O–H groups in total. The van der Waals surface area contributed by atoms with Gasteiger partial charge >= 0.3 is 5.97 Å². The summed E-state index contributed by atoms with van der Waals surface area (Å²) in [4.78, 5) is 26.8. The minimum absolute atomic E-state index is 0.0473. The van der Waals surface area contributed by atoms with Gasteiger partial charge in [0.05, 0.1) is 31.0 Å². The van der Waals surface area contributed by atoms with Crippen molar-refractivity contribution in [1.82, 2.24) is 4.90 Å². The summed E-state index contributed by atoms with van der Waals surface area (Å²) in [6.45, 7) is 2.33. The summed E-state index contributed by atoms with van der Waals surface area (Å²) in [5.74, 6) is -1.11. The van der Waals surface area contributed by atoms with E-state index in [1.807, 2.05) is 0 Å². The van der Waals surface area contributed by atoms with Gasteiger partial charge in [-0.1, -0.05) is 0 Å². The Balaban J connectivity index is 2.11. The van der Waals surface area contributed by atoms with Crippen molar-refractivity contribution in [2.45, 2.75) is 0 Å². The Morgan fingerprint density at radius 3 is 2.67 bits per heavy atom. The molecular weight excluding hydrogens is 274 g/mol. The number of carbonyl (C=O) groups is 2. The number of nitrogens with two attached hydrogens (primary N) is 1. The molecule has 1 aromatic carbocycles. The molecule has 0 atom stereocenters. The number of carbonyl (C=O) groups excluding carboxylic acids is 1. The molecule has 0 saturated carbocycles. The molecule has 0 aromatic heterocycles. The number of ether oxygens (including phenoxy) is 1. The van der Waals surface area contributed by atoms with Crippen LogP contribution in [0.5, 0.6) is 0 Å². The molecule has 1 saturated heterocycles. The maximum atomic E-state index is 12.2. The van der Waals surface area contributed by atoms with Crippen LogP contribution in [0.25, 0.3) is 0 Å². The van der Waals surface area contributed by atoms with Gasteiger partial charge in [0.15, 0.2) is 0 Å². The van der Waals surface area contributed by atoms with Gasteiger partial charge in [-0.25, -0.2) is 4.79 Å². The molecule has 1 aromatic rings. The summed E-state index contributed by atoms with van der Waals surface area (Å²) in [6, 6.07) is 4.64. The lowest BCUT2D eigenvalue weighted by molar-refractivity contribution is -0.133. The Hall–Kier alpha value is -2.28. The van der Waals surface area contributed by atoms with Crippen molar-refractivity contribution in [3.63, 3.8) is 0 Å². The summed E-state index contributed by atoms with van der Waals surface area (Å²) in [7, 11) is 1.69. The summed E-state index contributed by atoms with van der Waals surface area (Å²) < 4.78 is 5.20. The highest BCUT2D eigenvalue weighted by Crippen LogP contribution is 2.22. The number of aromatic carboxylic acids is 1. The van der Waals surface area contributed by atoms with Crippen LogP contribution in [0.2, 0.25) is 0 Å². The fraction of sp³-hybridized carbons (Fsp3) is 0.429. The Morgan fingerprint density at radius 1 is 1.38 bits per heavy atom. The molecule has 0 radical (unpaired) electrons. The number of hydrogen-bond donors (Lipinski definition) is 2. The number of nitrogen functional groups attached to an aromatic ring is 1. The van der Waals surface area contributed by atoms with Crippen molar-refractivity contribution >= 4 is 23.3 Å². The lowest BCUT2D eigenvalue weighted by Crippen LogP contribution is -2.45. The molecule has 1 heterocycles. The average molecular weight is 293 g/mol. The monoisotopic (exact) mass is 293 g/mol. The van der Waals surface area contributed by atoms with Crippen LogP contribution in [0.3, 0.4) is 0 Å². The second kappa shape index (κ2) is 6.45. The van der Waals surface area contributed by atoms with Crippen molar-refractivity contribution in [1.29, 1.82) is 0 Å². The van der Waals surface area contributed by atoms with Gasteiger partial charge in [-0.05, 0) is 18.2 Å². The van der Waals surface area contributed by atoms with Crippen molar-refractivity contribution < 1.29 is 19.4 Å². The van der Waals surface area contributed by atoms with E-state index in [4.69, 9.17) is 10.5 Å². The molecule has 1 amide bonds. The largest absolute Gasteiger partial charge is 0.478 e. The van der Waals surface area contributed by atoms with Gasteiger partial charge in [0.25, 0.3) is 0 Å². The van der Waals surface area contributed by atoms with E-state index in [1.165, 1.54) is 6.07 Å². The molecule has 2 rings (SSSR count). The maximum absolute atomic E-state index is 12.2. The standard InChI is InChI=1S/C14H19N3O4/c1-16(9-13(18)17-4-6-21-7-5-17)12-3-2-10(15)8-11(12)14(19)20/h2-3,8H,4-7,9,15H2,1H3,(H,19,20). The molecule has 1 aliphatic heterocycles. The normalized spacial score (nSPS) is 14.8. The predicted octanol–water partition coefficient (Wildman–Crippen LogP) is 0.262. The molecule has 21 heavy (non-hydrogen) atoms. The van der Waals surface area contributed by atoms with Gasteiger partial charge in [0, 0.05) is 25.8 Å². The topological polar surface area (TPSA) is 96.1 Å². The summed E-state index contributed by atoms with van der Waals surface area (Å²) in [6.07, 6.45) is 0. The number of likely N-dealkylation sites (N-methyl/N-ethyl adjacent to an activating group) is 1. The van der Waals surface area contributed by atoms with Crippen LogP contribution < -0.4 is 10.6 Å². The molecular formula is C14H19N3O4. The van der Waals surface area contributed by atoms with Gasteiger partial charge in [-0.15, -0.1) is 0 Å². The fourth-order valence-corrected chi connectivity index (χ4v) is 2.26. The SMILES string of the molecule is CN(CC(=O)N1CCOCC1)c1ccc(N)cc1C(=O)O. The highest BCUT2D eigenvalue weighted by Gasteiger charge is 2.20. The number of nitrogens with zero attached hydrogens (tertiary/aromatic N) is 2. The van der Waals surface area contributed by atoms with Crippen molar-refractivity contribution in [3.05, 3.63) is 23.8 Å². The first kappa shape index (κ1) is 15.1. The summed E-state index contributed by atoms with van der Waals surface area (Å²) in [5, 5.41) is 9.23. The Morgan fingerprint density at radius 2 is 2.05 bits per heavy atom. The third-order valence-electron chi connectivity index (χ3n) is 3.40. The molecule has 0 bridgehead atoms. The van der Waals surface area contributed by atoms with E-state index in [1.54, 1.807) is 29.0 Å². The quantitative estimate of drug-likeness (QED) is 0.773. The third kappa shape index (κ3) is 3.63. The molecule has 0 aliphatic carbocycles. The second-order valence-electron chi connectivity index (χ2n) is 4.93. The number of amides is 1. The minimum atomic E-state index is -1.07. The highest BCUT2D eigenvalue weighted by atomic mass is 16.5. The van der Waals surface area contributed by atoms with E-state index in [0.29, 0.717) is 37.7 Å². The van der Waals surface area contributed by atoms with E-state index < -0.39 is 5.97 Å². The molecule has 7 nitrogen and oxygen atoms in total. The molecule has 7 heteroatoms. The Bertz CT molecular complexity index is 541. The first-order chi connectivity index (χ1) is 9.99. The predicted molar refractivity (Wildman–Crippen MR) is 78.5 cm³/mol. The summed E-state index contributed by atoms with van der Waals surface area (Å²) in [5.41, 5.74) is 6.55. The van der Waals surface area contributed by atoms with Crippen LogP contribution in [0, 0.1) is 0 Å². The van der Waals surface area contributed by atoms with Gasteiger partial charge in [-0.2, -0.15) is 0 Å². The number of carboxylic acid groups (broad SMARTS) is 1. The van der Waals surface area contributed by atoms with Crippen molar-refractivity contribution in [2.75, 3.05) is 50.5 Å². The van der Waals surface area contributed by atoms with Gasteiger partial charge in [0.1, 0.15) is 0 Å². The van der Waals surface area contributed by atoms with E-state index in [-0.39, 0.29) is 18.0 Å². The zero-order valence-electron chi connectivity index (χ0n) is 11.9. The number of rotatable bonds is 4. The van der Waals surface area contributed by atoms with Crippen LogP contribution in [-0.4, -0.2) is 61.8 Å². The van der Waals surface area contributed by atoms with Gasteiger partial charge in [-0.3, -0.25) is 4.79 Å². The number of benzene rings is 1. The lowest BCUT2D eigenvalue weighted by Gasteiger charge is -2.29. The zero-order chi connectivity index (χ0) is 15.4. The van der Waals surface area contributed by atoms with E-state index in [9.17, 15) is 14.7 Å². The summed E-state index contributed by atoms with van der Waals surface area (Å²) >= 11 is 0. The number of carboxylic acids is 1. The van der Waals surface area contributed by atoms with E-state index in [2.05, 4.69) is 0 Å². The van der Waals surface area contributed by atoms with Crippen LogP contribution in [0.4, 0.5) is 11.4 Å².